The highest BCUT2D eigenvalue weighted by Crippen LogP contribution is 2.20. The zero-order chi connectivity index (χ0) is 18.6. The van der Waals surface area contributed by atoms with Crippen LogP contribution in [0.1, 0.15) is 34.0 Å². The third-order valence-corrected chi connectivity index (χ3v) is 3.79. The van der Waals surface area contributed by atoms with Gasteiger partial charge in [0.25, 0.3) is 5.91 Å². The first-order chi connectivity index (χ1) is 11.8. The van der Waals surface area contributed by atoms with Gasteiger partial charge < -0.3 is 14.8 Å². The molecule has 25 heavy (non-hydrogen) atoms. The molecule has 132 valence electrons. The van der Waals surface area contributed by atoms with E-state index in [0.717, 1.165) is 16.7 Å². The van der Waals surface area contributed by atoms with Gasteiger partial charge in [0, 0.05) is 5.69 Å². The Kier molecular flexibility index (Phi) is 5.80. The molecule has 0 aliphatic carbocycles. The molecule has 5 heteroatoms. The second kappa shape index (κ2) is 7.83. The number of rotatable bonds is 5. The van der Waals surface area contributed by atoms with Gasteiger partial charge >= 0.3 is 5.97 Å². The summed E-state index contributed by atoms with van der Waals surface area (Å²) in [4.78, 5) is 24.1. The van der Waals surface area contributed by atoms with E-state index in [2.05, 4.69) is 5.32 Å². The van der Waals surface area contributed by atoms with Gasteiger partial charge in [0.05, 0.1) is 12.7 Å². The van der Waals surface area contributed by atoms with Gasteiger partial charge in [-0.15, -0.1) is 0 Å². The topological polar surface area (TPSA) is 64.6 Å². The second-order valence-electron chi connectivity index (χ2n) is 6.09. The van der Waals surface area contributed by atoms with Gasteiger partial charge in [-0.1, -0.05) is 12.1 Å². The summed E-state index contributed by atoms with van der Waals surface area (Å²) in [6.45, 7) is 7.50. The molecule has 2 aromatic carbocycles. The monoisotopic (exact) mass is 341 g/mol. The van der Waals surface area contributed by atoms with Crippen LogP contribution in [0.5, 0.6) is 5.75 Å². The van der Waals surface area contributed by atoms with Gasteiger partial charge in [-0.25, -0.2) is 4.79 Å². The number of carbonyl (C=O) groups excluding carboxylic acids is 2. The Morgan fingerprint density at radius 3 is 2.24 bits per heavy atom. The maximum atomic E-state index is 12.4. The van der Waals surface area contributed by atoms with E-state index in [0.29, 0.717) is 17.0 Å². The van der Waals surface area contributed by atoms with E-state index in [1.807, 2.05) is 39.0 Å². The number of anilines is 1. The molecule has 0 aromatic heterocycles. The average molecular weight is 341 g/mol. The van der Waals surface area contributed by atoms with Crippen LogP contribution in [0.25, 0.3) is 0 Å². The number of aryl methyl sites for hydroxylation is 3. The van der Waals surface area contributed by atoms with Gasteiger partial charge in [0.15, 0.2) is 6.10 Å². The molecule has 2 aromatic rings. The van der Waals surface area contributed by atoms with Gasteiger partial charge in [0.2, 0.25) is 0 Å². The van der Waals surface area contributed by atoms with Crippen LogP contribution in [0.4, 0.5) is 5.69 Å². The van der Waals surface area contributed by atoms with E-state index >= 15 is 0 Å². The maximum Gasteiger partial charge on any atom is 0.337 e. The molecule has 1 N–H and O–H groups in total. The number of methoxy groups -OCH3 is 1. The third kappa shape index (κ3) is 4.83. The van der Waals surface area contributed by atoms with Crippen molar-refractivity contribution in [2.45, 2.75) is 33.8 Å². The molecule has 0 bridgehead atoms. The van der Waals surface area contributed by atoms with E-state index in [1.54, 1.807) is 25.1 Å². The van der Waals surface area contributed by atoms with Crippen molar-refractivity contribution in [1.29, 1.82) is 0 Å². The van der Waals surface area contributed by atoms with Crippen LogP contribution in [0.15, 0.2) is 36.4 Å². The zero-order valence-electron chi connectivity index (χ0n) is 15.2. The molecule has 0 aliphatic heterocycles. The minimum Gasteiger partial charge on any atom is -0.481 e. The minimum atomic E-state index is -0.678. The van der Waals surface area contributed by atoms with Crippen molar-refractivity contribution < 1.29 is 19.1 Å². The van der Waals surface area contributed by atoms with Crippen molar-refractivity contribution in [2.75, 3.05) is 12.4 Å². The van der Waals surface area contributed by atoms with Crippen LogP contribution in [0, 0.1) is 20.8 Å². The average Bonchev–Trinajstić information content (AvgIpc) is 2.55. The fraction of sp³-hybridized carbons (Fsp3) is 0.300. The van der Waals surface area contributed by atoms with E-state index < -0.39 is 12.1 Å². The zero-order valence-corrected chi connectivity index (χ0v) is 15.2. The molecule has 0 fully saturated rings. The lowest BCUT2D eigenvalue weighted by Gasteiger charge is -2.17. The predicted molar refractivity (Wildman–Crippen MR) is 97.2 cm³/mol. The lowest BCUT2D eigenvalue weighted by molar-refractivity contribution is -0.122. The smallest absolute Gasteiger partial charge is 0.337 e. The molecule has 0 saturated carbocycles. The summed E-state index contributed by atoms with van der Waals surface area (Å²) in [6, 6.07) is 10.8. The lowest BCUT2D eigenvalue weighted by atomic mass is 10.1. The number of hydrogen-bond acceptors (Lipinski definition) is 4. The SMILES string of the molecule is COC(=O)c1ccc(C)c(NC(=O)[C@H](C)Oc2cc(C)cc(C)c2)c1. The van der Waals surface area contributed by atoms with Crippen LogP contribution < -0.4 is 10.1 Å². The molecule has 0 heterocycles. The van der Waals surface area contributed by atoms with Crippen molar-refractivity contribution in [3.63, 3.8) is 0 Å². The molecule has 0 saturated heterocycles. The Hall–Kier alpha value is -2.82. The maximum absolute atomic E-state index is 12.4. The highest BCUT2D eigenvalue weighted by Gasteiger charge is 2.17. The highest BCUT2D eigenvalue weighted by atomic mass is 16.5. The molecular formula is C20H23NO4. The summed E-state index contributed by atoms with van der Waals surface area (Å²) < 4.78 is 10.5. The molecule has 2 rings (SSSR count). The van der Waals surface area contributed by atoms with Crippen LogP contribution >= 0.6 is 0 Å². The number of nitrogens with one attached hydrogen (secondary N) is 1. The van der Waals surface area contributed by atoms with Gasteiger partial charge in [-0.05, 0) is 68.7 Å². The third-order valence-electron chi connectivity index (χ3n) is 3.79. The van der Waals surface area contributed by atoms with Crippen molar-refractivity contribution in [2.24, 2.45) is 0 Å². The van der Waals surface area contributed by atoms with Gasteiger partial charge in [-0.3, -0.25) is 4.79 Å². The molecule has 1 atom stereocenters. The first-order valence-electron chi connectivity index (χ1n) is 8.05. The Morgan fingerprint density at radius 2 is 1.64 bits per heavy atom. The molecule has 0 radical (unpaired) electrons. The molecule has 5 nitrogen and oxygen atoms in total. The fourth-order valence-corrected chi connectivity index (χ4v) is 2.49. The number of esters is 1. The van der Waals surface area contributed by atoms with Crippen molar-refractivity contribution >= 4 is 17.6 Å². The summed E-state index contributed by atoms with van der Waals surface area (Å²) in [5.74, 6) is -0.0838. The van der Waals surface area contributed by atoms with Crippen molar-refractivity contribution in [3.05, 3.63) is 58.7 Å². The highest BCUT2D eigenvalue weighted by molar-refractivity contribution is 5.97. The Morgan fingerprint density at radius 1 is 1.00 bits per heavy atom. The van der Waals surface area contributed by atoms with Crippen LogP contribution in [0.2, 0.25) is 0 Å². The van der Waals surface area contributed by atoms with E-state index in [-0.39, 0.29) is 5.91 Å². The predicted octanol–water partition coefficient (Wildman–Crippen LogP) is 3.80. The number of carbonyl (C=O) groups is 2. The second-order valence-corrected chi connectivity index (χ2v) is 6.09. The first-order valence-corrected chi connectivity index (χ1v) is 8.05. The molecular weight excluding hydrogens is 318 g/mol. The molecule has 0 unspecified atom stereocenters. The Balaban J connectivity index is 2.11. The standard InChI is InChI=1S/C20H23NO4/c1-12-8-13(2)10-17(9-12)25-15(4)19(22)21-18-11-16(20(23)24-5)7-6-14(18)3/h6-11,15H,1-5H3,(H,21,22)/t15-/m0/s1. The fourth-order valence-electron chi connectivity index (χ4n) is 2.49. The van der Waals surface area contributed by atoms with E-state index in [9.17, 15) is 9.59 Å². The van der Waals surface area contributed by atoms with Crippen LogP contribution in [-0.4, -0.2) is 25.1 Å². The molecule has 0 spiro atoms. The van der Waals surface area contributed by atoms with Gasteiger partial charge in [-0.2, -0.15) is 0 Å². The normalized spacial score (nSPS) is 11.6. The summed E-state index contributed by atoms with van der Waals surface area (Å²) in [6.07, 6.45) is -0.678. The Labute approximate surface area is 148 Å². The number of hydrogen-bond donors (Lipinski definition) is 1. The molecule has 1 amide bonds. The summed E-state index contributed by atoms with van der Waals surface area (Å²) in [5, 5.41) is 2.81. The number of ether oxygens (including phenoxy) is 2. The van der Waals surface area contributed by atoms with Crippen molar-refractivity contribution in [1.82, 2.24) is 0 Å². The lowest BCUT2D eigenvalue weighted by Crippen LogP contribution is -2.30. The minimum absolute atomic E-state index is 0.288. The number of amides is 1. The summed E-state index contributed by atoms with van der Waals surface area (Å²) in [7, 11) is 1.32. The van der Waals surface area contributed by atoms with E-state index in [4.69, 9.17) is 9.47 Å². The van der Waals surface area contributed by atoms with Gasteiger partial charge in [0.1, 0.15) is 5.75 Å². The first kappa shape index (κ1) is 18.5. The summed E-state index contributed by atoms with van der Waals surface area (Å²) in [5.41, 5.74) is 3.93. The summed E-state index contributed by atoms with van der Waals surface area (Å²) >= 11 is 0. The number of benzene rings is 2. The largest absolute Gasteiger partial charge is 0.481 e. The van der Waals surface area contributed by atoms with Crippen LogP contribution in [-0.2, 0) is 9.53 Å². The quantitative estimate of drug-likeness (QED) is 0.840. The van der Waals surface area contributed by atoms with Crippen LogP contribution in [0.3, 0.4) is 0 Å². The Bertz CT molecular complexity index is 778. The van der Waals surface area contributed by atoms with Crippen molar-refractivity contribution in [3.8, 4) is 5.75 Å². The van der Waals surface area contributed by atoms with E-state index in [1.165, 1.54) is 7.11 Å². The molecule has 0 aliphatic rings.